The van der Waals surface area contributed by atoms with E-state index in [4.69, 9.17) is 21.1 Å². The minimum absolute atomic E-state index is 0.00973. The van der Waals surface area contributed by atoms with E-state index < -0.39 is 0 Å². The number of aryl methyl sites for hydroxylation is 1. The minimum Gasteiger partial charge on any atom is -0.483 e. The number of morpholine rings is 1. The average molecular weight is 396 g/mol. The van der Waals surface area contributed by atoms with Crippen molar-refractivity contribution in [3.05, 3.63) is 28.8 Å². The molecule has 7 nitrogen and oxygen atoms in total. The van der Waals surface area contributed by atoms with Gasteiger partial charge in [-0.3, -0.25) is 14.5 Å². The Morgan fingerprint density at radius 1 is 1.04 bits per heavy atom. The molecule has 0 N–H and O–H groups in total. The number of nitrogens with zero attached hydrogens (tertiary/aromatic N) is 3. The molecule has 0 aliphatic carbocycles. The molecule has 2 amide bonds. The standard InChI is InChI=1S/C19H26ClN3O4/c1-15-12-16(20)2-3-17(15)27-14-19(25)23-6-4-22(5-7-23)18(24)13-21-8-10-26-11-9-21/h2-3,12H,4-11,13-14H2,1H3. The third-order valence-corrected chi connectivity index (χ3v) is 5.17. The van der Waals surface area contributed by atoms with Crippen LogP contribution in [0.15, 0.2) is 18.2 Å². The van der Waals surface area contributed by atoms with E-state index in [1.54, 1.807) is 23.1 Å². The third-order valence-electron chi connectivity index (χ3n) is 4.94. The SMILES string of the molecule is Cc1cc(Cl)ccc1OCC(=O)N1CCN(C(=O)CN2CCOCC2)CC1. The highest BCUT2D eigenvalue weighted by Gasteiger charge is 2.25. The zero-order valence-corrected chi connectivity index (χ0v) is 16.4. The number of rotatable bonds is 5. The summed E-state index contributed by atoms with van der Waals surface area (Å²) in [6.07, 6.45) is 0. The lowest BCUT2D eigenvalue weighted by Gasteiger charge is -2.36. The summed E-state index contributed by atoms with van der Waals surface area (Å²) in [6, 6.07) is 5.32. The van der Waals surface area contributed by atoms with E-state index >= 15 is 0 Å². The number of halogens is 1. The first-order valence-electron chi connectivity index (χ1n) is 9.27. The molecule has 3 rings (SSSR count). The predicted molar refractivity (Wildman–Crippen MR) is 102 cm³/mol. The van der Waals surface area contributed by atoms with E-state index in [9.17, 15) is 9.59 Å². The van der Waals surface area contributed by atoms with E-state index in [0.717, 1.165) is 18.7 Å². The van der Waals surface area contributed by atoms with Crippen molar-refractivity contribution >= 4 is 23.4 Å². The number of ether oxygens (including phenoxy) is 2. The van der Waals surface area contributed by atoms with Gasteiger partial charge in [-0.05, 0) is 30.7 Å². The summed E-state index contributed by atoms with van der Waals surface area (Å²) >= 11 is 5.93. The summed E-state index contributed by atoms with van der Waals surface area (Å²) in [5, 5.41) is 0.643. The Hall–Kier alpha value is -1.83. The first kappa shape index (κ1) is 19.9. The van der Waals surface area contributed by atoms with E-state index in [0.29, 0.717) is 56.7 Å². The van der Waals surface area contributed by atoms with Gasteiger partial charge in [0.15, 0.2) is 6.61 Å². The topological polar surface area (TPSA) is 62.3 Å². The van der Waals surface area contributed by atoms with Crippen molar-refractivity contribution in [2.24, 2.45) is 0 Å². The molecule has 0 atom stereocenters. The lowest BCUT2D eigenvalue weighted by Crippen LogP contribution is -2.54. The smallest absolute Gasteiger partial charge is 0.260 e. The molecule has 0 unspecified atom stereocenters. The fraction of sp³-hybridized carbons (Fsp3) is 0.579. The fourth-order valence-electron chi connectivity index (χ4n) is 3.26. The number of amides is 2. The van der Waals surface area contributed by atoms with Crippen molar-refractivity contribution in [3.63, 3.8) is 0 Å². The van der Waals surface area contributed by atoms with Crippen LogP contribution in [-0.2, 0) is 14.3 Å². The highest BCUT2D eigenvalue weighted by molar-refractivity contribution is 6.30. The van der Waals surface area contributed by atoms with E-state index in [1.807, 2.05) is 11.8 Å². The Morgan fingerprint density at radius 3 is 2.30 bits per heavy atom. The van der Waals surface area contributed by atoms with E-state index in [2.05, 4.69) is 4.90 Å². The fourth-order valence-corrected chi connectivity index (χ4v) is 3.49. The van der Waals surface area contributed by atoms with Crippen LogP contribution in [0.3, 0.4) is 0 Å². The third kappa shape index (κ3) is 5.57. The Kier molecular flexibility index (Phi) is 6.93. The van der Waals surface area contributed by atoms with Crippen LogP contribution in [0.1, 0.15) is 5.56 Å². The van der Waals surface area contributed by atoms with Gasteiger partial charge in [0.2, 0.25) is 5.91 Å². The Morgan fingerprint density at radius 2 is 1.67 bits per heavy atom. The maximum atomic E-state index is 12.4. The molecule has 2 fully saturated rings. The van der Waals surface area contributed by atoms with Crippen LogP contribution in [0.4, 0.5) is 0 Å². The molecule has 1 aromatic carbocycles. The molecule has 0 bridgehead atoms. The summed E-state index contributed by atoms with van der Waals surface area (Å²) in [5.74, 6) is 0.716. The molecule has 2 aliphatic rings. The molecule has 0 radical (unpaired) electrons. The molecule has 8 heteroatoms. The summed E-state index contributed by atoms with van der Waals surface area (Å²) in [5.41, 5.74) is 0.897. The van der Waals surface area contributed by atoms with Gasteiger partial charge < -0.3 is 19.3 Å². The molecule has 148 valence electrons. The van der Waals surface area contributed by atoms with Crippen LogP contribution in [0.25, 0.3) is 0 Å². The maximum absolute atomic E-state index is 12.4. The Balaban J connectivity index is 1.41. The summed E-state index contributed by atoms with van der Waals surface area (Å²) in [4.78, 5) is 30.5. The van der Waals surface area contributed by atoms with Gasteiger partial charge in [-0.2, -0.15) is 0 Å². The van der Waals surface area contributed by atoms with Gasteiger partial charge in [-0.15, -0.1) is 0 Å². The zero-order valence-electron chi connectivity index (χ0n) is 15.7. The zero-order chi connectivity index (χ0) is 19.2. The van der Waals surface area contributed by atoms with Gasteiger partial charge in [0, 0.05) is 44.3 Å². The molecule has 1 aromatic rings. The minimum atomic E-state index is -0.0652. The molecule has 2 heterocycles. The summed E-state index contributed by atoms with van der Waals surface area (Å²) < 4.78 is 10.9. The van der Waals surface area contributed by atoms with Crippen molar-refractivity contribution in [2.45, 2.75) is 6.92 Å². The summed E-state index contributed by atoms with van der Waals surface area (Å²) in [6.45, 7) is 7.48. The Bertz CT molecular complexity index is 671. The van der Waals surface area contributed by atoms with Crippen LogP contribution in [0.2, 0.25) is 5.02 Å². The lowest BCUT2D eigenvalue weighted by atomic mass is 10.2. The molecule has 0 aromatic heterocycles. The van der Waals surface area contributed by atoms with Crippen molar-refractivity contribution < 1.29 is 19.1 Å². The number of carbonyl (C=O) groups is 2. The first-order valence-corrected chi connectivity index (χ1v) is 9.65. The van der Waals surface area contributed by atoms with E-state index in [-0.39, 0.29) is 18.4 Å². The number of carbonyl (C=O) groups excluding carboxylic acids is 2. The van der Waals surface area contributed by atoms with Gasteiger partial charge in [-0.1, -0.05) is 11.6 Å². The predicted octanol–water partition coefficient (Wildman–Crippen LogP) is 1.03. The summed E-state index contributed by atoms with van der Waals surface area (Å²) in [7, 11) is 0. The molecular weight excluding hydrogens is 370 g/mol. The second-order valence-corrected chi connectivity index (χ2v) is 7.29. The van der Waals surface area contributed by atoms with Crippen LogP contribution < -0.4 is 4.74 Å². The monoisotopic (exact) mass is 395 g/mol. The lowest BCUT2D eigenvalue weighted by molar-refractivity contribution is -0.141. The molecular formula is C19H26ClN3O4. The molecule has 2 saturated heterocycles. The van der Waals surface area contributed by atoms with Crippen molar-refractivity contribution in [1.29, 1.82) is 0 Å². The normalized spacial score (nSPS) is 18.4. The highest BCUT2D eigenvalue weighted by Crippen LogP contribution is 2.21. The molecule has 0 spiro atoms. The van der Waals surface area contributed by atoms with Crippen molar-refractivity contribution in [2.75, 3.05) is 65.6 Å². The van der Waals surface area contributed by atoms with Crippen LogP contribution in [0, 0.1) is 6.92 Å². The van der Waals surface area contributed by atoms with E-state index in [1.165, 1.54) is 0 Å². The largest absolute Gasteiger partial charge is 0.483 e. The second-order valence-electron chi connectivity index (χ2n) is 6.85. The van der Waals surface area contributed by atoms with Gasteiger partial charge in [0.25, 0.3) is 5.91 Å². The van der Waals surface area contributed by atoms with Gasteiger partial charge in [0.05, 0.1) is 19.8 Å². The van der Waals surface area contributed by atoms with Gasteiger partial charge in [-0.25, -0.2) is 0 Å². The van der Waals surface area contributed by atoms with Crippen molar-refractivity contribution in [1.82, 2.24) is 14.7 Å². The highest BCUT2D eigenvalue weighted by atomic mass is 35.5. The quantitative estimate of drug-likeness (QED) is 0.745. The van der Waals surface area contributed by atoms with Gasteiger partial charge in [0.1, 0.15) is 5.75 Å². The molecule has 0 saturated carbocycles. The maximum Gasteiger partial charge on any atom is 0.260 e. The number of benzene rings is 1. The molecule has 27 heavy (non-hydrogen) atoms. The average Bonchev–Trinajstić information content (AvgIpc) is 2.68. The van der Waals surface area contributed by atoms with Crippen molar-refractivity contribution in [3.8, 4) is 5.75 Å². The number of hydrogen-bond donors (Lipinski definition) is 0. The molecule has 2 aliphatic heterocycles. The number of hydrogen-bond acceptors (Lipinski definition) is 5. The van der Waals surface area contributed by atoms with Gasteiger partial charge >= 0.3 is 0 Å². The van der Waals surface area contributed by atoms with Crippen LogP contribution in [0.5, 0.6) is 5.75 Å². The first-order chi connectivity index (χ1) is 13.0. The number of piperazine rings is 1. The Labute approximate surface area is 164 Å². The van der Waals surface area contributed by atoms with Crippen LogP contribution >= 0.6 is 11.6 Å². The van der Waals surface area contributed by atoms with Crippen LogP contribution in [-0.4, -0.2) is 92.1 Å². The second kappa shape index (κ2) is 9.39.